The Balaban J connectivity index is 2.15. The highest BCUT2D eigenvalue weighted by atomic mass is 31.2. The SMILES string of the molecule is [B]OCc1ccc(P(=O)(c2ccccc2)c2ccccc2)cc1. The highest BCUT2D eigenvalue weighted by Crippen LogP contribution is 2.42. The molecule has 0 saturated carbocycles. The maximum absolute atomic E-state index is 14.0. The molecular weight excluding hydrogens is 302 g/mol. The largest absolute Gasteiger partial charge is 0.444 e. The van der Waals surface area contributed by atoms with Gasteiger partial charge in [-0.05, 0) is 5.56 Å². The van der Waals surface area contributed by atoms with Crippen LogP contribution in [0.4, 0.5) is 0 Å². The monoisotopic (exact) mass is 318 g/mol. The Morgan fingerprint density at radius 1 is 0.696 bits per heavy atom. The van der Waals surface area contributed by atoms with Crippen LogP contribution >= 0.6 is 7.14 Å². The van der Waals surface area contributed by atoms with E-state index in [0.717, 1.165) is 21.5 Å². The van der Waals surface area contributed by atoms with Gasteiger partial charge in [0.05, 0.1) is 6.61 Å². The van der Waals surface area contributed by atoms with Crippen molar-refractivity contribution in [2.24, 2.45) is 0 Å². The van der Waals surface area contributed by atoms with Gasteiger partial charge in [-0.15, -0.1) is 0 Å². The van der Waals surface area contributed by atoms with Crippen molar-refractivity contribution in [2.75, 3.05) is 0 Å². The van der Waals surface area contributed by atoms with Crippen LogP contribution in [-0.2, 0) is 15.8 Å². The summed E-state index contributed by atoms with van der Waals surface area (Å²) in [5.74, 6) is 0. The van der Waals surface area contributed by atoms with Gasteiger partial charge < -0.3 is 9.22 Å². The van der Waals surface area contributed by atoms with Gasteiger partial charge in [0.15, 0.2) is 7.14 Å². The van der Waals surface area contributed by atoms with E-state index in [1.165, 1.54) is 0 Å². The molecule has 3 aromatic carbocycles. The molecule has 0 atom stereocenters. The van der Waals surface area contributed by atoms with Gasteiger partial charge in [-0.25, -0.2) is 0 Å². The van der Waals surface area contributed by atoms with Gasteiger partial charge in [0, 0.05) is 15.9 Å². The lowest BCUT2D eigenvalue weighted by atomic mass is 10.2. The molecule has 2 radical (unpaired) electrons. The van der Waals surface area contributed by atoms with E-state index >= 15 is 0 Å². The molecule has 0 fully saturated rings. The van der Waals surface area contributed by atoms with Gasteiger partial charge in [-0.2, -0.15) is 0 Å². The summed E-state index contributed by atoms with van der Waals surface area (Å²) in [6.07, 6.45) is 0. The van der Waals surface area contributed by atoms with Crippen LogP contribution in [0.15, 0.2) is 84.9 Å². The van der Waals surface area contributed by atoms with Crippen LogP contribution in [-0.4, -0.2) is 8.05 Å². The Morgan fingerprint density at radius 2 is 1.13 bits per heavy atom. The summed E-state index contributed by atoms with van der Waals surface area (Å²) in [7, 11) is 2.22. The van der Waals surface area contributed by atoms with Crippen molar-refractivity contribution in [3.8, 4) is 0 Å². The Labute approximate surface area is 138 Å². The van der Waals surface area contributed by atoms with Crippen molar-refractivity contribution in [1.29, 1.82) is 0 Å². The average molecular weight is 318 g/mol. The van der Waals surface area contributed by atoms with Crippen LogP contribution in [0, 0.1) is 0 Å². The van der Waals surface area contributed by atoms with Gasteiger partial charge in [0.25, 0.3) is 8.05 Å². The summed E-state index contributed by atoms with van der Waals surface area (Å²) < 4.78 is 18.7. The maximum atomic E-state index is 14.0. The number of rotatable bonds is 5. The van der Waals surface area contributed by atoms with Gasteiger partial charge in [0.2, 0.25) is 0 Å². The first kappa shape index (κ1) is 15.8. The van der Waals surface area contributed by atoms with Crippen LogP contribution in [0.5, 0.6) is 0 Å². The fourth-order valence-electron chi connectivity index (χ4n) is 2.62. The third kappa shape index (κ3) is 3.17. The summed E-state index contributed by atoms with van der Waals surface area (Å²) in [6.45, 7) is 0.335. The molecule has 3 aromatic rings. The normalized spacial score (nSPS) is 11.3. The van der Waals surface area contributed by atoms with Crippen molar-refractivity contribution in [1.82, 2.24) is 0 Å². The van der Waals surface area contributed by atoms with E-state index in [1.54, 1.807) is 0 Å². The minimum absolute atomic E-state index is 0.335. The lowest BCUT2D eigenvalue weighted by molar-refractivity contribution is 0.338. The third-order valence-corrected chi connectivity index (χ3v) is 6.87. The zero-order valence-electron chi connectivity index (χ0n) is 12.6. The molecule has 0 spiro atoms. The van der Waals surface area contributed by atoms with Crippen LogP contribution in [0.3, 0.4) is 0 Å². The quantitative estimate of drug-likeness (QED) is 0.534. The molecular formula is C19H16BO2P. The summed E-state index contributed by atoms with van der Waals surface area (Å²) in [5, 5.41) is 2.46. The molecule has 0 aliphatic heterocycles. The molecule has 3 rings (SSSR count). The molecule has 23 heavy (non-hydrogen) atoms. The van der Waals surface area contributed by atoms with Crippen molar-refractivity contribution >= 4 is 31.1 Å². The molecule has 0 N–H and O–H groups in total. The summed E-state index contributed by atoms with van der Waals surface area (Å²) in [4.78, 5) is 0. The molecule has 0 saturated heterocycles. The summed E-state index contributed by atoms with van der Waals surface area (Å²) in [5.41, 5.74) is 0.948. The fourth-order valence-corrected chi connectivity index (χ4v) is 5.27. The van der Waals surface area contributed by atoms with Crippen LogP contribution in [0.1, 0.15) is 5.56 Å². The summed E-state index contributed by atoms with van der Waals surface area (Å²) >= 11 is 0. The Hall–Kier alpha value is -2.09. The minimum Gasteiger partial charge on any atom is -0.444 e. The second kappa shape index (κ2) is 7.00. The molecule has 0 heterocycles. The molecule has 0 unspecified atom stereocenters. The van der Waals surface area contributed by atoms with E-state index in [4.69, 9.17) is 8.05 Å². The van der Waals surface area contributed by atoms with Gasteiger partial charge in [-0.1, -0.05) is 84.9 Å². The maximum Gasteiger partial charge on any atom is 0.283 e. The Bertz CT molecular complexity index is 758. The predicted octanol–water partition coefficient (Wildman–Crippen LogP) is 2.93. The first-order chi connectivity index (χ1) is 11.2. The third-order valence-electron chi connectivity index (χ3n) is 3.79. The molecule has 0 aliphatic carbocycles. The Kier molecular flexibility index (Phi) is 4.80. The van der Waals surface area contributed by atoms with Crippen LogP contribution in [0.2, 0.25) is 0 Å². The molecule has 112 valence electrons. The van der Waals surface area contributed by atoms with Gasteiger partial charge in [-0.3, -0.25) is 0 Å². The number of benzene rings is 3. The Morgan fingerprint density at radius 3 is 1.57 bits per heavy atom. The fraction of sp³-hybridized carbons (Fsp3) is 0.0526. The average Bonchev–Trinajstić information content (AvgIpc) is 2.63. The molecule has 0 bridgehead atoms. The summed E-state index contributed by atoms with van der Waals surface area (Å²) in [6, 6.07) is 26.8. The van der Waals surface area contributed by atoms with Gasteiger partial charge >= 0.3 is 0 Å². The van der Waals surface area contributed by atoms with Crippen molar-refractivity contribution < 1.29 is 9.22 Å². The molecule has 0 aliphatic rings. The van der Waals surface area contributed by atoms with E-state index in [0.29, 0.717) is 6.61 Å². The zero-order valence-corrected chi connectivity index (χ0v) is 13.5. The number of hydrogen-bond donors (Lipinski definition) is 0. The second-order valence-electron chi connectivity index (χ2n) is 5.26. The highest BCUT2D eigenvalue weighted by molar-refractivity contribution is 7.85. The molecule has 2 nitrogen and oxygen atoms in total. The van der Waals surface area contributed by atoms with Gasteiger partial charge in [0.1, 0.15) is 0 Å². The number of hydrogen-bond acceptors (Lipinski definition) is 2. The second-order valence-corrected chi connectivity index (χ2v) is 8.03. The smallest absolute Gasteiger partial charge is 0.283 e. The first-order valence-electron chi connectivity index (χ1n) is 7.37. The van der Waals surface area contributed by atoms with Crippen LogP contribution in [0.25, 0.3) is 0 Å². The van der Waals surface area contributed by atoms with Crippen LogP contribution < -0.4 is 15.9 Å². The van der Waals surface area contributed by atoms with Crippen molar-refractivity contribution in [2.45, 2.75) is 6.61 Å². The van der Waals surface area contributed by atoms with Crippen molar-refractivity contribution in [3.05, 3.63) is 90.5 Å². The lowest BCUT2D eigenvalue weighted by Gasteiger charge is -2.20. The minimum atomic E-state index is -2.89. The topological polar surface area (TPSA) is 26.3 Å². The van der Waals surface area contributed by atoms with E-state index < -0.39 is 7.14 Å². The lowest BCUT2D eigenvalue weighted by Crippen LogP contribution is -2.24. The molecule has 0 amide bonds. The zero-order chi connectivity index (χ0) is 16.1. The predicted molar refractivity (Wildman–Crippen MR) is 96.4 cm³/mol. The van der Waals surface area contributed by atoms with E-state index in [1.807, 2.05) is 84.9 Å². The standard InChI is InChI=1S/C19H16BO2P/c20-22-15-16-11-13-19(14-12-16)23(21,17-7-3-1-4-8-17)18-9-5-2-6-10-18/h1-14H,15H2. The van der Waals surface area contributed by atoms with Crippen molar-refractivity contribution in [3.63, 3.8) is 0 Å². The molecule has 4 heteroatoms. The van der Waals surface area contributed by atoms with E-state index in [-0.39, 0.29) is 0 Å². The highest BCUT2D eigenvalue weighted by Gasteiger charge is 2.29. The molecule has 0 aromatic heterocycles. The first-order valence-corrected chi connectivity index (χ1v) is 9.08. The van der Waals surface area contributed by atoms with E-state index in [2.05, 4.69) is 4.65 Å². The van der Waals surface area contributed by atoms with E-state index in [9.17, 15) is 4.57 Å².